The van der Waals surface area contributed by atoms with E-state index in [1.807, 2.05) is 31.2 Å². The number of fused-ring (bicyclic) bond motifs is 1. The van der Waals surface area contributed by atoms with Crippen LogP contribution in [0.1, 0.15) is 24.5 Å². The Labute approximate surface area is 88.8 Å². The minimum absolute atomic E-state index is 0.201. The molecule has 0 unspecified atom stereocenters. The van der Waals surface area contributed by atoms with Crippen LogP contribution in [0.25, 0.3) is 0 Å². The minimum atomic E-state index is -0.201. The summed E-state index contributed by atoms with van der Waals surface area (Å²) in [6, 6.07) is 7.99. The number of rotatable bonds is 3. The van der Waals surface area contributed by atoms with Gasteiger partial charge in [0.25, 0.3) is 0 Å². The molecule has 3 nitrogen and oxygen atoms in total. The summed E-state index contributed by atoms with van der Waals surface area (Å²) in [7, 11) is 0. The molecule has 0 fully saturated rings. The normalized spacial score (nSPS) is 13.3. The highest BCUT2D eigenvalue weighted by Gasteiger charge is 2.17. The van der Waals surface area contributed by atoms with Crippen LogP contribution in [-0.4, -0.2) is 18.3 Å². The van der Waals surface area contributed by atoms with Crippen LogP contribution in [0.15, 0.2) is 29.3 Å². The smallest absolute Gasteiger partial charge is 0.311 e. The summed E-state index contributed by atoms with van der Waals surface area (Å²) in [5, 5.41) is 0. The largest absolute Gasteiger partial charge is 0.466 e. The summed E-state index contributed by atoms with van der Waals surface area (Å²) in [4.78, 5) is 15.6. The summed E-state index contributed by atoms with van der Waals surface area (Å²) in [6.45, 7) is 2.92. The van der Waals surface area contributed by atoms with Gasteiger partial charge in [-0.3, -0.25) is 9.79 Å². The number of aliphatic imine (C=N–C) groups is 1. The Hall–Kier alpha value is -1.64. The van der Waals surface area contributed by atoms with Crippen LogP contribution in [0.2, 0.25) is 0 Å². The highest BCUT2D eigenvalue weighted by atomic mass is 16.5. The van der Waals surface area contributed by atoms with Gasteiger partial charge in [0.1, 0.15) is 0 Å². The summed E-state index contributed by atoms with van der Waals surface area (Å²) in [5.41, 5.74) is 3.13. The van der Waals surface area contributed by atoms with Crippen molar-refractivity contribution in [3.8, 4) is 0 Å². The van der Waals surface area contributed by atoms with E-state index >= 15 is 0 Å². The zero-order valence-electron chi connectivity index (χ0n) is 8.69. The Balaban J connectivity index is 2.10. The second-order valence-electron chi connectivity index (χ2n) is 3.40. The Morgan fingerprint density at radius 1 is 1.47 bits per heavy atom. The molecule has 2 rings (SSSR count). The molecule has 0 saturated heterocycles. The van der Waals surface area contributed by atoms with Crippen LogP contribution in [-0.2, 0) is 16.1 Å². The Morgan fingerprint density at radius 3 is 3.07 bits per heavy atom. The third-order valence-electron chi connectivity index (χ3n) is 2.39. The standard InChI is InChI=1S/C12H13NO2/c1-2-15-12(14)7-11-10-6-4-3-5-9(10)8-13-11/h3-6H,2,7-8H2,1H3. The average Bonchev–Trinajstić information content (AvgIpc) is 2.62. The molecule has 1 aromatic rings. The number of benzene rings is 1. The average molecular weight is 203 g/mol. The molecule has 0 spiro atoms. The van der Waals surface area contributed by atoms with E-state index in [-0.39, 0.29) is 12.4 Å². The summed E-state index contributed by atoms with van der Waals surface area (Å²) in [5.74, 6) is -0.201. The molecule has 15 heavy (non-hydrogen) atoms. The van der Waals surface area contributed by atoms with Crippen LogP contribution < -0.4 is 0 Å². The number of esters is 1. The summed E-state index contributed by atoms with van der Waals surface area (Å²) in [6.07, 6.45) is 0.283. The molecule has 1 aliphatic heterocycles. The first kappa shape index (κ1) is 9.90. The van der Waals surface area contributed by atoms with Gasteiger partial charge in [0.15, 0.2) is 0 Å². The van der Waals surface area contributed by atoms with Crippen molar-refractivity contribution in [2.75, 3.05) is 6.61 Å². The second kappa shape index (κ2) is 4.26. The lowest BCUT2D eigenvalue weighted by Crippen LogP contribution is -2.11. The van der Waals surface area contributed by atoms with Gasteiger partial charge in [0.2, 0.25) is 0 Å². The first-order chi connectivity index (χ1) is 7.31. The Kier molecular flexibility index (Phi) is 2.81. The number of hydrogen-bond donors (Lipinski definition) is 0. The number of carbonyl (C=O) groups excluding carboxylic acids is 1. The molecule has 1 aliphatic rings. The molecule has 0 N–H and O–H groups in total. The fourth-order valence-corrected chi connectivity index (χ4v) is 1.71. The van der Waals surface area contributed by atoms with Crippen molar-refractivity contribution >= 4 is 11.7 Å². The third kappa shape index (κ3) is 2.06. The van der Waals surface area contributed by atoms with Crippen LogP contribution >= 0.6 is 0 Å². The molecule has 0 radical (unpaired) electrons. The van der Waals surface area contributed by atoms with Gasteiger partial charge in [-0.1, -0.05) is 24.3 Å². The molecule has 0 amide bonds. The van der Waals surface area contributed by atoms with Crippen molar-refractivity contribution in [3.63, 3.8) is 0 Å². The first-order valence-electron chi connectivity index (χ1n) is 5.08. The van der Waals surface area contributed by atoms with Gasteiger partial charge in [-0.2, -0.15) is 0 Å². The van der Waals surface area contributed by atoms with E-state index in [9.17, 15) is 4.79 Å². The van der Waals surface area contributed by atoms with Gasteiger partial charge >= 0.3 is 5.97 Å². The van der Waals surface area contributed by atoms with Crippen molar-refractivity contribution in [2.24, 2.45) is 4.99 Å². The van der Waals surface area contributed by atoms with E-state index in [1.54, 1.807) is 0 Å². The molecular formula is C12H13NO2. The Bertz CT molecular complexity index is 410. The molecule has 3 heteroatoms. The van der Waals surface area contributed by atoms with Gasteiger partial charge in [-0.15, -0.1) is 0 Å². The number of hydrogen-bond acceptors (Lipinski definition) is 3. The predicted octanol–water partition coefficient (Wildman–Crippen LogP) is 1.94. The number of carbonyl (C=O) groups is 1. The lowest BCUT2D eigenvalue weighted by atomic mass is 10.0. The number of nitrogens with zero attached hydrogens (tertiary/aromatic N) is 1. The molecular weight excluding hydrogens is 190 g/mol. The maximum absolute atomic E-state index is 11.3. The highest BCUT2D eigenvalue weighted by molar-refractivity contribution is 6.11. The molecule has 1 heterocycles. The monoisotopic (exact) mass is 203 g/mol. The zero-order chi connectivity index (χ0) is 10.7. The van der Waals surface area contributed by atoms with Crippen molar-refractivity contribution in [2.45, 2.75) is 19.9 Å². The van der Waals surface area contributed by atoms with E-state index in [1.165, 1.54) is 5.56 Å². The summed E-state index contributed by atoms with van der Waals surface area (Å²) < 4.78 is 4.90. The van der Waals surface area contributed by atoms with Crippen LogP contribution in [0.5, 0.6) is 0 Å². The Morgan fingerprint density at radius 2 is 2.27 bits per heavy atom. The second-order valence-corrected chi connectivity index (χ2v) is 3.40. The van der Waals surface area contributed by atoms with E-state index in [0.717, 1.165) is 11.3 Å². The fraction of sp³-hybridized carbons (Fsp3) is 0.333. The van der Waals surface area contributed by atoms with Crippen LogP contribution in [0, 0.1) is 0 Å². The maximum atomic E-state index is 11.3. The molecule has 1 aromatic carbocycles. The van der Waals surface area contributed by atoms with Gasteiger partial charge < -0.3 is 4.74 Å². The van der Waals surface area contributed by atoms with Gasteiger partial charge in [0.05, 0.1) is 25.3 Å². The lowest BCUT2D eigenvalue weighted by molar-refractivity contribution is -0.141. The maximum Gasteiger partial charge on any atom is 0.311 e. The molecule has 78 valence electrons. The third-order valence-corrected chi connectivity index (χ3v) is 2.39. The molecule has 0 atom stereocenters. The number of ether oxygens (including phenoxy) is 1. The van der Waals surface area contributed by atoms with Crippen molar-refractivity contribution < 1.29 is 9.53 Å². The molecule has 0 bridgehead atoms. The molecule has 0 aliphatic carbocycles. The predicted molar refractivity (Wildman–Crippen MR) is 57.9 cm³/mol. The van der Waals surface area contributed by atoms with Crippen molar-refractivity contribution in [1.29, 1.82) is 0 Å². The molecule has 0 aromatic heterocycles. The van der Waals surface area contributed by atoms with Crippen molar-refractivity contribution in [3.05, 3.63) is 35.4 Å². The van der Waals surface area contributed by atoms with E-state index in [0.29, 0.717) is 13.2 Å². The van der Waals surface area contributed by atoms with Crippen molar-refractivity contribution in [1.82, 2.24) is 0 Å². The fourth-order valence-electron chi connectivity index (χ4n) is 1.71. The van der Waals surface area contributed by atoms with Gasteiger partial charge in [-0.25, -0.2) is 0 Å². The topological polar surface area (TPSA) is 38.7 Å². The van der Waals surface area contributed by atoms with Crippen LogP contribution in [0.3, 0.4) is 0 Å². The minimum Gasteiger partial charge on any atom is -0.466 e. The quantitative estimate of drug-likeness (QED) is 0.704. The highest BCUT2D eigenvalue weighted by Crippen LogP contribution is 2.20. The SMILES string of the molecule is CCOC(=O)CC1=NCc2ccccc21. The van der Waals surface area contributed by atoms with Crippen LogP contribution in [0.4, 0.5) is 0 Å². The zero-order valence-corrected chi connectivity index (χ0v) is 8.69. The summed E-state index contributed by atoms with van der Waals surface area (Å²) >= 11 is 0. The van der Waals surface area contributed by atoms with E-state index in [2.05, 4.69) is 4.99 Å². The lowest BCUT2D eigenvalue weighted by Gasteiger charge is -2.03. The van der Waals surface area contributed by atoms with E-state index < -0.39 is 0 Å². The van der Waals surface area contributed by atoms with Gasteiger partial charge in [-0.05, 0) is 12.5 Å². The molecule has 0 saturated carbocycles. The van der Waals surface area contributed by atoms with Gasteiger partial charge in [0, 0.05) is 5.56 Å². The first-order valence-corrected chi connectivity index (χ1v) is 5.08. The van der Waals surface area contributed by atoms with E-state index in [4.69, 9.17) is 4.74 Å².